The number of aryl methyl sites for hydroxylation is 3. The molecular weight excluding hydrogens is 218 g/mol. The van der Waals surface area contributed by atoms with Gasteiger partial charge in [0.1, 0.15) is 11.8 Å². The predicted molar refractivity (Wildman–Crippen MR) is 62.6 cm³/mol. The van der Waals surface area contributed by atoms with E-state index in [0.29, 0.717) is 11.8 Å². The standard InChI is InChI=1S/C11H15N5O/c1-6-5-12-10(17-6)9(4)14-11-13-7(2)8(3)15-16-11/h5,9H,1-4H3,(H,13,14,16). The van der Waals surface area contributed by atoms with E-state index in [1.165, 1.54) is 0 Å². The van der Waals surface area contributed by atoms with Crippen molar-refractivity contribution in [2.24, 2.45) is 0 Å². The summed E-state index contributed by atoms with van der Waals surface area (Å²) in [5, 5.41) is 11.1. The van der Waals surface area contributed by atoms with E-state index >= 15 is 0 Å². The molecule has 2 aromatic heterocycles. The zero-order valence-corrected chi connectivity index (χ0v) is 10.4. The molecule has 0 amide bonds. The zero-order valence-electron chi connectivity index (χ0n) is 10.4. The molecule has 0 aliphatic carbocycles. The zero-order chi connectivity index (χ0) is 12.4. The highest BCUT2D eigenvalue weighted by molar-refractivity contribution is 5.27. The third-order valence-corrected chi connectivity index (χ3v) is 2.45. The first kappa shape index (κ1) is 11.5. The molecule has 6 heteroatoms. The number of hydrogen-bond acceptors (Lipinski definition) is 6. The largest absolute Gasteiger partial charge is 0.444 e. The van der Waals surface area contributed by atoms with Gasteiger partial charge in [0.25, 0.3) is 0 Å². The van der Waals surface area contributed by atoms with E-state index in [9.17, 15) is 0 Å². The Kier molecular flexibility index (Phi) is 3.03. The number of hydrogen-bond donors (Lipinski definition) is 1. The van der Waals surface area contributed by atoms with Gasteiger partial charge in [-0.1, -0.05) is 0 Å². The fourth-order valence-corrected chi connectivity index (χ4v) is 1.35. The summed E-state index contributed by atoms with van der Waals surface area (Å²) in [4.78, 5) is 8.44. The number of oxazole rings is 1. The van der Waals surface area contributed by atoms with Gasteiger partial charge in [-0.2, -0.15) is 5.10 Å². The lowest BCUT2D eigenvalue weighted by atomic mass is 10.3. The number of rotatable bonds is 3. The Morgan fingerprint density at radius 3 is 2.53 bits per heavy atom. The maximum absolute atomic E-state index is 5.42. The van der Waals surface area contributed by atoms with Crippen LogP contribution >= 0.6 is 0 Å². The SMILES string of the molecule is Cc1cnc(C(C)Nc2nnc(C)c(C)n2)o1. The summed E-state index contributed by atoms with van der Waals surface area (Å²) in [6, 6.07) is -0.0902. The molecule has 0 saturated heterocycles. The fourth-order valence-electron chi connectivity index (χ4n) is 1.35. The lowest BCUT2D eigenvalue weighted by Crippen LogP contribution is -2.11. The molecule has 1 atom stereocenters. The second kappa shape index (κ2) is 4.48. The monoisotopic (exact) mass is 233 g/mol. The van der Waals surface area contributed by atoms with E-state index in [1.807, 2.05) is 27.7 Å². The molecule has 0 fully saturated rings. The van der Waals surface area contributed by atoms with Crippen LogP contribution in [0.3, 0.4) is 0 Å². The van der Waals surface area contributed by atoms with Crippen molar-refractivity contribution in [3.8, 4) is 0 Å². The maximum Gasteiger partial charge on any atom is 0.243 e. The van der Waals surface area contributed by atoms with Crippen LogP contribution in [-0.2, 0) is 0 Å². The molecule has 90 valence electrons. The smallest absolute Gasteiger partial charge is 0.243 e. The lowest BCUT2D eigenvalue weighted by Gasteiger charge is -2.10. The van der Waals surface area contributed by atoms with Gasteiger partial charge < -0.3 is 9.73 Å². The van der Waals surface area contributed by atoms with Gasteiger partial charge >= 0.3 is 0 Å². The van der Waals surface area contributed by atoms with E-state index in [1.54, 1.807) is 6.20 Å². The number of aromatic nitrogens is 4. The van der Waals surface area contributed by atoms with Crippen molar-refractivity contribution in [1.82, 2.24) is 20.2 Å². The molecule has 0 bridgehead atoms. The molecule has 2 heterocycles. The normalized spacial score (nSPS) is 12.5. The number of nitrogens with one attached hydrogen (secondary N) is 1. The Morgan fingerprint density at radius 1 is 1.18 bits per heavy atom. The van der Waals surface area contributed by atoms with Crippen LogP contribution in [0.2, 0.25) is 0 Å². The molecule has 0 aromatic carbocycles. The third kappa shape index (κ3) is 2.58. The van der Waals surface area contributed by atoms with E-state index < -0.39 is 0 Å². The Morgan fingerprint density at radius 2 is 1.94 bits per heavy atom. The van der Waals surface area contributed by atoms with E-state index in [0.717, 1.165) is 17.1 Å². The second-order valence-corrected chi connectivity index (χ2v) is 3.98. The van der Waals surface area contributed by atoms with Gasteiger partial charge in [0.2, 0.25) is 11.8 Å². The van der Waals surface area contributed by atoms with Crippen LogP contribution in [0.5, 0.6) is 0 Å². The van der Waals surface area contributed by atoms with Gasteiger partial charge in [-0.15, -0.1) is 5.10 Å². The van der Waals surface area contributed by atoms with Gasteiger partial charge in [0, 0.05) is 0 Å². The van der Waals surface area contributed by atoms with Gasteiger partial charge in [-0.3, -0.25) is 0 Å². The first-order valence-corrected chi connectivity index (χ1v) is 5.43. The molecule has 1 N–H and O–H groups in total. The summed E-state index contributed by atoms with van der Waals surface area (Å²) in [6.07, 6.45) is 1.69. The molecule has 6 nitrogen and oxygen atoms in total. The minimum absolute atomic E-state index is 0.0902. The summed E-state index contributed by atoms with van der Waals surface area (Å²) in [6.45, 7) is 7.57. The fraction of sp³-hybridized carbons (Fsp3) is 0.455. The Bertz CT molecular complexity index is 522. The summed E-state index contributed by atoms with van der Waals surface area (Å²) in [7, 11) is 0. The Labute approximate surface area is 99.5 Å². The van der Waals surface area contributed by atoms with E-state index in [2.05, 4.69) is 25.5 Å². The number of nitrogens with zero attached hydrogens (tertiary/aromatic N) is 4. The quantitative estimate of drug-likeness (QED) is 0.873. The number of anilines is 1. The van der Waals surface area contributed by atoms with Crippen LogP contribution in [0.4, 0.5) is 5.95 Å². The lowest BCUT2D eigenvalue weighted by molar-refractivity contribution is 0.452. The molecular formula is C11H15N5O. The van der Waals surface area contributed by atoms with Crippen molar-refractivity contribution in [3.63, 3.8) is 0 Å². The minimum Gasteiger partial charge on any atom is -0.444 e. The van der Waals surface area contributed by atoms with Crippen molar-refractivity contribution < 1.29 is 4.42 Å². The van der Waals surface area contributed by atoms with Crippen LogP contribution in [0.15, 0.2) is 10.6 Å². The van der Waals surface area contributed by atoms with Crippen molar-refractivity contribution in [1.29, 1.82) is 0 Å². The topological polar surface area (TPSA) is 76.7 Å². The first-order chi connectivity index (χ1) is 8.06. The van der Waals surface area contributed by atoms with Crippen molar-refractivity contribution in [2.75, 3.05) is 5.32 Å². The van der Waals surface area contributed by atoms with Crippen LogP contribution in [0.25, 0.3) is 0 Å². The Hall–Kier alpha value is -1.98. The van der Waals surface area contributed by atoms with Crippen molar-refractivity contribution in [2.45, 2.75) is 33.7 Å². The maximum atomic E-state index is 5.42. The van der Waals surface area contributed by atoms with Gasteiger partial charge in [-0.25, -0.2) is 9.97 Å². The van der Waals surface area contributed by atoms with Gasteiger partial charge in [-0.05, 0) is 27.7 Å². The summed E-state index contributed by atoms with van der Waals surface area (Å²) in [5.41, 5.74) is 1.69. The van der Waals surface area contributed by atoms with Crippen LogP contribution in [0.1, 0.15) is 36.0 Å². The Balaban J connectivity index is 2.12. The molecule has 17 heavy (non-hydrogen) atoms. The highest BCUT2D eigenvalue weighted by Gasteiger charge is 2.13. The molecule has 0 spiro atoms. The van der Waals surface area contributed by atoms with E-state index in [-0.39, 0.29) is 6.04 Å². The van der Waals surface area contributed by atoms with Crippen LogP contribution < -0.4 is 5.32 Å². The van der Waals surface area contributed by atoms with Crippen LogP contribution in [-0.4, -0.2) is 20.2 Å². The molecule has 0 aliphatic heterocycles. The molecule has 2 aromatic rings. The molecule has 0 aliphatic rings. The average Bonchev–Trinajstić information content (AvgIpc) is 2.70. The minimum atomic E-state index is -0.0902. The molecule has 2 rings (SSSR count). The summed E-state index contributed by atoms with van der Waals surface area (Å²) < 4.78 is 5.42. The second-order valence-electron chi connectivity index (χ2n) is 3.98. The van der Waals surface area contributed by atoms with Crippen LogP contribution in [0, 0.1) is 20.8 Å². The highest BCUT2D eigenvalue weighted by atomic mass is 16.4. The summed E-state index contributed by atoms with van der Waals surface area (Å²) >= 11 is 0. The molecule has 0 saturated carbocycles. The summed E-state index contributed by atoms with van der Waals surface area (Å²) in [5.74, 6) is 1.88. The predicted octanol–water partition coefficient (Wildman–Crippen LogP) is 1.96. The van der Waals surface area contributed by atoms with Gasteiger partial charge in [0.05, 0.1) is 17.6 Å². The van der Waals surface area contributed by atoms with Crippen molar-refractivity contribution in [3.05, 3.63) is 29.2 Å². The highest BCUT2D eigenvalue weighted by Crippen LogP contribution is 2.16. The van der Waals surface area contributed by atoms with Gasteiger partial charge in [0.15, 0.2) is 0 Å². The molecule has 0 radical (unpaired) electrons. The average molecular weight is 233 g/mol. The molecule has 1 unspecified atom stereocenters. The van der Waals surface area contributed by atoms with E-state index in [4.69, 9.17) is 4.42 Å². The first-order valence-electron chi connectivity index (χ1n) is 5.43. The third-order valence-electron chi connectivity index (χ3n) is 2.45. The van der Waals surface area contributed by atoms with Crippen molar-refractivity contribution >= 4 is 5.95 Å².